The lowest BCUT2D eigenvalue weighted by atomic mass is 9.87. The molecule has 1 saturated carbocycles. The van der Waals surface area contributed by atoms with Crippen LogP contribution in [0.5, 0.6) is 0 Å². The van der Waals surface area contributed by atoms with E-state index in [1.54, 1.807) is 26.0 Å². The average Bonchev–Trinajstić information content (AvgIpc) is 2.63. The predicted molar refractivity (Wildman–Crippen MR) is 95.9 cm³/mol. The third-order valence-corrected chi connectivity index (χ3v) is 4.64. The standard InChI is InChI=1S/C19H23FN4O2/c1-19(2,26)16-9-13(6-7-21-16)17-15(20)10-22-18(24-17)23-14-5-3-4-12(8-14)11-25/h6-7,9-12,14,26H,3-5,8H2,1-2H3,(H,22,23,24). The number of pyridine rings is 1. The molecule has 0 bridgehead atoms. The molecule has 2 aromatic rings. The molecule has 0 radical (unpaired) electrons. The van der Waals surface area contributed by atoms with Crippen LogP contribution in [0.1, 0.15) is 45.2 Å². The highest BCUT2D eigenvalue weighted by Crippen LogP contribution is 2.27. The van der Waals surface area contributed by atoms with Gasteiger partial charge in [0.2, 0.25) is 5.95 Å². The van der Waals surface area contributed by atoms with Crippen LogP contribution in [0.4, 0.5) is 10.3 Å². The first-order valence-electron chi connectivity index (χ1n) is 8.80. The van der Waals surface area contributed by atoms with Crippen molar-refractivity contribution in [2.75, 3.05) is 5.32 Å². The van der Waals surface area contributed by atoms with Gasteiger partial charge in [-0.2, -0.15) is 0 Å². The Kier molecular flexibility index (Phi) is 5.27. The molecule has 0 saturated heterocycles. The van der Waals surface area contributed by atoms with Crippen LogP contribution in [0.15, 0.2) is 24.5 Å². The number of aliphatic hydroxyl groups is 1. The van der Waals surface area contributed by atoms with Crippen molar-refractivity contribution in [1.29, 1.82) is 0 Å². The highest BCUT2D eigenvalue weighted by Gasteiger charge is 2.23. The molecule has 2 unspecified atom stereocenters. The minimum Gasteiger partial charge on any atom is -0.384 e. The topological polar surface area (TPSA) is 88.0 Å². The van der Waals surface area contributed by atoms with E-state index in [4.69, 9.17) is 0 Å². The van der Waals surface area contributed by atoms with Gasteiger partial charge in [0.1, 0.15) is 17.6 Å². The van der Waals surface area contributed by atoms with Crippen molar-refractivity contribution < 1.29 is 14.3 Å². The van der Waals surface area contributed by atoms with Crippen LogP contribution >= 0.6 is 0 Å². The van der Waals surface area contributed by atoms with Crippen LogP contribution in [0.25, 0.3) is 11.3 Å². The average molecular weight is 358 g/mol. The van der Waals surface area contributed by atoms with Crippen molar-refractivity contribution in [3.63, 3.8) is 0 Å². The predicted octanol–water partition coefficient (Wildman–Crippen LogP) is 3.07. The molecule has 0 amide bonds. The summed E-state index contributed by atoms with van der Waals surface area (Å²) in [5.41, 5.74) is -0.0248. The van der Waals surface area contributed by atoms with E-state index in [1.807, 2.05) is 0 Å². The molecule has 0 aliphatic heterocycles. The molecule has 138 valence electrons. The number of rotatable bonds is 5. The zero-order valence-electron chi connectivity index (χ0n) is 14.9. The molecule has 1 fully saturated rings. The van der Waals surface area contributed by atoms with Gasteiger partial charge in [-0.3, -0.25) is 4.98 Å². The quantitative estimate of drug-likeness (QED) is 0.799. The Balaban J connectivity index is 1.85. The van der Waals surface area contributed by atoms with E-state index >= 15 is 0 Å². The van der Waals surface area contributed by atoms with Gasteiger partial charge in [-0.15, -0.1) is 0 Å². The van der Waals surface area contributed by atoms with Crippen LogP contribution < -0.4 is 5.32 Å². The Morgan fingerprint density at radius 3 is 2.88 bits per heavy atom. The van der Waals surface area contributed by atoms with Crippen LogP contribution in [0.3, 0.4) is 0 Å². The van der Waals surface area contributed by atoms with Gasteiger partial charge in [0.05, 0.1) is 11.9 Å². The number of carbonyl (C=O) groups excluding carboxylic acids is 1. The molecule has 2 aromatic heterocycles. The van der Waals surface area contributed by atoms with Crippen LogP contribution in [-0.4, -0.2) is 32.4 Å². The van der Waals surface area contributed by atoms with Crippen LogP contribution in [0.2, 0.25) is 0 Å². The molecule has 1 aliphatic rings. The minimum absolute atomic E-state index is 0.0516. The summed E-state index contributed by atoms with van der Waals surface area (Å²) in [5, 5.41) is 13.3. The first-order chi connectivity index (χ1) is 12.4. The third kappa shape index (κ3) is 4.22. The zero-order chi connectivity index (χ0) is 18.7. The van der Waals surface area contributed by atoms with Crippen molar-refractivity contribution in [3.8, 4) is 11.3 Å². The first kappa shape index (κ1) is 18.4. The summed E-state index contributed by atoms with van der Waals surface area (Å²) in [6.45, 7) is 3.24. The number of nitrogens with one attached hydrogen (secondary N) is 1. The maximum absolute atomic E-state index is 14.3. The number of hydrogen-bond donors (Lipinski definition) is 2. The fourth-order valence-electron chi connectivity index (χ4n) is 3.22. The summed E-state index contributed by atoms with van der Waals surface area (Å²) in [5.74, 6) is -0.159. The highest BCUT2D eigenvalue weighted by atomic mass is 19.1. The van der Waals surface area contributed by atoms with Gasteiger partial charge >= 0.3 is 0 Å². The molecular formula is C19H23FN4O2. The van der Waals surface area contributed by atoms with Crippen molar-refractivity contribution in [1.82, 2.24) is 15.0 Å². The second-order valence-corrected chi connectivity index (χ2v) is 7.28. The normalized spacial score (nSPS) is 20.6. The largest absolute Gasteiger partial charge is 0.384 e. The minimum atomic E-state index is -1.13. The van der Waals surface area contributed by atoms with Gasteiger partial charge in [-0.05, 0) is 45.2 Å². The number of aldehydes is 1. The molecule has 2 atom stereocenters. The lowest BCUT2D eigenvalue weighted by Gasteiger charge is -2.26. The highest BCUT2D eigenvalue weighted by molar-refractivity contribution is 5.61. The molecule has 1 aliphatic carbocycles. The summed E-state index contributed by atoms with van der Waals surface area (Å²) >= 11 is 0. The molecule has 0 aromatic carbocycles. The molecule has 2 N–H and O–H groups in total. The fourth-order valence-corrected chi connectivity index (χ4v) is 3.22. The van der Waals surface area contributed by atoms with Gasteiger partial charge in [0.25, 0.3) is 0 Å². The van der Waals surface area contributed by atoms with Gasteiger partial charge in [-0.1, -0.05) is 6.42 Å². The molecule has 7 heteroatoms. The maximum Gasteiger partial charge on any atom is 0.223 e. The van der Waals surface area contributed by atoms with Gasteiger partial charge in [0.15, 0.2) is 5.82 Å². The van der Waals surface area contributed by atoms with E-state index in [2.05, 4.69) is 20.3 Å². The second kappa shape index (κ2) is 7.45. The van der Waals surface area contributed by atoms with Crippen molar-refractivity contribution >= 4 is 12.2 Å². The third-order valence-electron chi connectivity index (χ3n) is 4.64. The fraction of sp³-hybridized carbons (Fsp3) is 0.474. The summed E-state index contributed by atoms with van der Waals surface area (Å²) in [7, 11) is 0. The van der Waals surface area contributed by atoms with E-state index < -0.39 is 11.4 Å². The molecule has 0 spiro atoms. The number of nitrogens with zero attached hydrogens (tertiary/aromatic N) is 3. The Morgan fingerprint density at radius 1 is 1.35 bits per heavy atom. The summed E-state index contributed by atoms with van der Waals surface area (Å²) in [6, 6.07) is 3.37. The number of halogens is 1. The Hall–Kier alpha value is -2.41. The molecular weight excluding hydrogens is 335 g/mol. The monoisotopic (exact) mass is 358 g/mol. The second-order valence-electron chi connectivity index (χ2n) is 7.28. The van der Waals surface area contributed by atoms with Gasteiger partial charge < -0.3 is 15.2 Å². The van der Waals surface area contributed by atoms with Crippen LogP contribution in [-0.2, 0) is 10.4 Å². The zero-order valence-corrected chi connectivity index (χ0v) is 14.9. The summed E-state index contributed by atoms with van der Waals surface area (Å²) in [4.78, 5) is 23.5. The van der Waals surface area contributed by atoms with E-state index in [9.17, 15) is 14.3 Å². The van der Waals surface area contributed by atoms with E-state index in [1.165, 1.54) is 6.20 Å². The van der Waals surface area contributed by atoms with Crippen LogP contribution in [0, 0.1) is 11.7 Å². The van der Waals surface area contributed by atoms with E-state index in [-0.39, 0.29) is 17.7 Å². The maximum atomic E-state index is 14.3. The Bertz CT molecular complexity index is 791. The van der Waals surface area contributed by atoms with Crippen molar-refractivity contribution in [2.45, 2.75) is 51.2 Å². The Labute approximate surface area is 151 Å². The smallest absolute Gasteiger partial charge is 0.223 e. The first-order valence-corrected chi connectivity index (χ1v) is 8.80. The number of aromatic nitrogens is 3. The van der Waals surface area contributed by atoms with E-state index in [0.717, 1.165) is 38.2 Å². The summed E-state index contributed by atoms with van der Waals surface area (Å²) < 4.78 is 14.3. The molecule has 3 rings (SSSR count). The van der Waals surface area contributed by atoms with E-state index in [0.29, 0.717) is 17.2 Å². The SMILES string of the molecule is CC(C)(O)c1cc(-c2nc(NC3CCCC(C=O)C3)ncc2F)ccn1. The van der Waals surface area contributed by atoms with Crippen molar-refractivity contribution in [2.24, 2.45) is 5.92 Å². The summed E-state index contributed by atoms with van der Waals surface area (Å²) in [6.07, 6.45) is 7.19. The van der Waals surface area contributed by atoms with Gasteiger partial charge in [0, 0.05) is 23.7 Å². The van der Waals surface area contributed by atoms with Crippen molar-refractivity contribution in [3.05, 3.63) is 36.0 Å². The molecule has 26 heavy (non-hydrogen) atoms. The molecule has 2 heterocycles. The van der Waals surface area contributed by atoms with Gasteiger partial charge in [-0.25, -0.2) is 14.4 Å². The number of hydrogen-bond acceptors (Lipinski definition) is 6. The lowest BCUT2D eigenvalue weighted by molar-refractivity contribution is -0.111. The molecule has 6 nitrogen and oxygen atoms in total. The lowest BCUT2D eigenvalue weighted by Crippen LogP contribution is -2.28. The Morgan fingerprint density at radius 2 is 2.15 bits per heavy atom. The number of anilines is 1. The number of carbonyl (C=O) groups is 1.